The number of hydrogen-bond acceptors (Lipinski definition) is 7. The van der Waals surface area contributed by atoms with Crippen molar-refractivity contribution in [3.63, 3.8) is 0 Å². The molecule has 1 aliphatic carbocycles. The molecule has 2 amide bonds. The summed E-state index contributed by atoms with van der Waals surface area (Å²) >= 11 is 9.94. The molecule has 1 saturated carbocycles. The molecule has 51 heavy (non-hydrogen) atoms. The van der Waals surface area contributed by atoms with Gasteiger partial charge >= 0.3 is 0 Å². The summed E-state index contributed by atoms with van der Waals surface area (Å²) in [4.78, 5) is 30.4. The topological polar surface area (TPSA) is 114 Å². The maximum absolute atomic E-state index is 14.9. The van der Waals surface area contributed by atoms with Crippen LogP contribution in [0.1, 0.15) is 36.8 Å². The van der Waals surface area contributed by atoms with Crippen LogP contribution in [-0.2, 0) is 32.6 Å². The molecule has 0 aromatic heterocycles. The molecule has 270 valence electrons. The molecule has 5 rings (SSSR count). The number of hydrogen-bond donors (Lipinski definition) is 1. The first-order valence-electron chi connectivity index (χ1n) is 16.5. The molecule has 4 aromatic rings. The quantitative estimate of drug-likeness (QED) is 0.138. The SMILES string of the molecule is COc1ccc(S(=O)(=O)N(CC(=O)N(Cc2cccc(Br)c2)[C@H](Cc2ccccc2)C(=O)NC2CCCC2)c2cc(Cl)ccc2OC)cc1OC. The van der Waals surface area contributed by atoms with Gasteiger partial charge in [0.15, 0.2) is 11.5 Å². The summed E-state index contributed by atoms with van der Waals surface area (Å²) in [6.07, 6.45) is 3.95. The molecule has 1 atom stereocenters. The summed E-state index contributed by atoms with van der Waals surface area (Å²) < 4.78 is 47.4. The zero-order chi connectivity index (χ0) is 36.5. The van der Waals surface area contributed by atoms with E-state index in [9.17, 15) is 18.0 Å². The highest BCUT2D eigenvalue weighted by molar-refractivity contribution is 9.10. The zero-order valence-corrected chi connectivity index (χ0v) is 31.8. The third-order valence-electron chi connectivity index (χ3n) is 8.85. The lowest BCUT2D eigenvalue weighted by Gasteiger charge is -2.34. The summed E-state index contributed by atoms with van der Waals surface area (Å²) in [5, 5.41) is 3.42. The second kappa shape index (κ2) is 17.3. The molecule has 1 aliphatic rings. The number of amides is 2. The van der Waals surface area contributed by atoms with Crippen molar-refractivity contribution in [3.05, 3.63) is 112 Å². The van der Waals surface area contributed by atoms with Crippen LogP contribution in [0.4, 0.5) is 5.69 Å². The fourth-order valence-electron chi connectivity index (χ4n) is 6.23. The van der Waals surface area contributed by atoms with Gasteiger partial charge < -0.3 is 24.4 Å². The monoisotopic (exact) mass is 797 g/mol. The Labute approximate surface area is 312 Å². The van der Waals surface area contributed by atoms with E-state index in [0.717, 1.165) is 45.6 Å². The smallest absolute Gasteiger partial charge is 0.265 e. The number of benzene rings is 4. The van der Waals surface area contributed by atoms with Gasteiger partial charge in [0, 0.05) is 34.6 Å². The van der Waals surface area contributed by atoms with Crippen LogP contribution in [-0.4, -0.2) is 65.1 Å². The van der Waals surface area contributed by atoms with E-state index in [-0.39, 0.29) is 52.0 Å². The molecule has 10 nitrogen and oxygen atoms in total. The highest BCUT2D eigenvalue weighted by Crippen LogP contribution is 2.37. The van der Waals surface area contributed by atoms with Crippen molar-refractivity contribution in [1.29, 1.82) is 0 Å². The average Bonchev–Trinajstić information content (AvgIpc) is 3.65. The van der Waals surface area contributed by atoms with Crippen LogP contribution >= 0.6 is 27.5 Å². The lowest BCUT2D eigenvalue weighted by Crippen LogP contribution is -2.54. The molecule has 0 spiro atoms. The molecule has 1 N–H and O–H groups in total. The number of halogens is 2. The average molecular weight is 799 g/mol. The number of anilines is 1. The van der Waals surface area contributed by atoms with Crippen molar-refractivity contribution in [2.45, 2.75) is 55.6 Å². The summed E-state index contributed by atoms with van der Waals surface area (Å²) in [6, 6.07) is 24.6. The van der Waals surface area contributed by atoms with Crippen LogP contribution in [0.5, 0.6) is 17.2 Å². The van der Waals surface area contributed by atoms with Crippen molar-refractivity contribution in [2.75, 3.05) is 32.2 Å². The number of ether oxygens (including phenoxy) is 3. The van der Waals surface area contributed by atoms with Crippen LogP contribution < -0.4 is 23.8 Å². The van der Waals surface area contributed by atoms with E-state index in [4.69, 9.17) is 25.8 Å². The molecule has 13 heteroatoms. The van der Waals surface area contributed by atoms with Crippen molar-refractivity contribution < 1.29 is 32.2 Å². The van der Waals surface area contributed by atoms with E-state index in [2.05, 4.69) is 21.2 Å². The first-order chi connectivity index (χ1) is 24.5. The van der Waals surface area contributed by atoms with Gasteiger partial charge in [-0.05, 0) is 66.4 Å². The van der Waals surface area contributed by atoms with Gasteiger partial charge in [0.25, 0.3) is 10.0 Å². The predicted molar refractivity (Wildman–Crippen MR) is 201 cm³/mol. The second-order valence-electron chi connectivity index (χ2n) is 12.2. The number of nitrogens with zero attached hydrogens (tertiary/aromatic N) is 2. The maximum atomic E-state index is 14.9. The predicted octanol–water partition coefficient (Wildman–Crippen LogP) is 7.02. The fraction of sp³-hybridized carbons (Fsp3) is 0.316. The number of carbonyl (C=O) groups excluding carboxylic acids is 2. The Bertz CT molecular complexity index is 1940. The number of methoxy groups -OCH3 is 3. The maximum Gasteiger partial charge on any atom is 0.265 e. The lowest BCUT2D eigenvalue weighted by atomic mass is 10.0. The number of nitrogens with one attached hydrogen (secondary N) is 1. The Morgan fingerprint density at radius 2 is 1.51 bits per heavy atom. The normalized spacial score (nSPS) is 13.7. The fourth-order valence-corrected chi connectivity index (χ4v) is 8.27. The van der Waals surface area contributed by atoms with Crippen LogP contribution in [0.3, 0.4) is 0 Å². The van der Waals surface area contributed by atoms with Gasteiger partial charge in [-0.2, -0.15) is 0 Å². The zero-order valence-electron chi connectivity index (χ0n) is 28.7. The minimum Gasteiger partial charge on any atom is -0.495 e. The minimum absolute atomic E-state index is 0.00348. The molecule has 0 unspecified atom stereocenters. The number of rotatable bonds is 15. The first kappa shape index (κ1) is 38.0. The molecule has 0 radical (unpaired) electrons. The largest absolute Gasteiger partial charge is 0.495 e. The van der Waals surface area contributed by atoms with Crippen LogP contribution in [0.25, 0.3) is 0 Å². The summed E-state index contributed by atoms with van der Waals surface area (Å²) in [7, 11) is -0.239. The molecular formula is C38H41BrClN3O7S. The molecule has 0 bridgehead atoms. The van der Waals surface area contributed by atoms with E-state index < -0.39 is 28.5 Å². The van der Waals surface area contributed by atoms with Gasteiger partial charge in [0.05, 0.1) is 31.9 Å². The Hall–Kier alpha value is -4.26. The lowest BCUT2D eigenvalue weighted by molar-refractivity contribution is -0.140. The molecule has 0 heterocycles. The van der Waals surface area contributed by atoms with E-state index in [1.807, 2.05) is 54.6 Å². The Kier molecular flexibility index (Phi) is 12.9. The molecule has 4 aromatic carbocycles. The Morgan fingerprint density at radius 3 is 2.18 bits per heavy atom. The van der Waals surface area contributed by atoms with Crippen molar-refractivity contribution >= 4 is 55.1 Å². The van der Waals surface area contributed by atoms with E-state index in [1.165, 1.54) is 56.6 Å². The standard InChI is InChI=1S/C38H41BrClN3O7S/c1-48-34-18-16-29(40)22-32(34)43(51(46,47)31-17-19-35(49-2)36(23-31)50-3)25-37(44)42(24-27-12-9-13-28(39)20-27)33(21-26-10-5-4-6-11-26)38(45)41-30-14-7-8-15-30/h4-6,9-13,16-20,22-23,30,33H,7-8,14-15,21,24-25H2,1-3H3,(H,41,45)/t33-/m1/s1. The summed E-state index contributed by atoms with van der Waals surface area (Å²) in [5.74, 6) is -0.218. The number of carbonyl (C=O) groups is 2. The molecule has 0 saturated heterocycles. The van der Waals surface area contributed by atoms with Gasteiger partial charge in [-0.1, -0.05) is 82.8 Å². The highest BCUT2D eigenvalue weighted by atomic mass is 79.9. The van der Waals surface area contributed by atoms with Crippen LogP contribution in [0.15, 0.2) is 100 Å². The molecular weight excluding hydrogens is 758 g/mol. The molecule has 0 aliphatic heterocycles. The van der Waals surface area contributed by atoms with Gasteiger partial charge in [0.1, 0.15) is 18.3 Å². The van der Waals surface area contributed by atoms with Crippen LogP contribution in [0, 0.1) is 0 Å². The van der Waals surface area contributed by atoms with Crippen LogP contribution in [0.2, 0.25) is 5.02 Å². The molecule has 1 fully saturated rings. The van der Waals surface area contributed by atoms with E-state index in [1.54, 1.807) is 6.07 Å². The highest BCUT2D eigenvalue weighted by Gasteiger charge is 2.37. The van der Waals surface area contributed by atoms with Gasteiger partial charge in [-0.15, -0.1) is 0 Å². The Balaban J connectivity index is 1.63. The third kappa shape index (κ3) is 9.35. The van der Waals surface area contributed by atoms with Crippen molar-refractivity contribution in [1.82, 2.24) is 10.2 Å². The number of sulfonamides is 1. The Morgan fingerprint density at radius 1 is 0.843 bits per heavy atom. The van der Waals surface area contributed by atoms with Gasteiger partial charge in [0.2, 0.25) is 11.8 Å². The van der Waals surface area contributed by atoms with Gasteiger partial charge in [-0.25, -0.2) is 8.42 Å². The van der Waals surface area contributed by atoms with E-state index >= 15 is 0 Å². The third-order valence-corrected chi connectivity index (χ3v) is 11.3. The van der Waals surface area contributed by atoms with Crippen molar-refractivity contribution in [3.8, 4) is 17.2 Å². The minimum atomic E-state index is -4.49. The summed E-state index contributed by atoms with van der Waals surface area (Å²) in [5.41, 5.74) is 1.65. The summed E-state index contributed by atoms with van der Waals surface area (Å²) in [6.45, 7) is -0.645. The van der Waals surface area contributed by atoms with Gasteiger partial charge in [-0.3, -0.25) is 13.9 Å². The van der Waals surface area contributed by atoms with Crippen molar-refractivity contribution in [2.24, 2.45) is 0 Å². The first-order valence-corrected chi connectivity index (χ1v) is 19.1. The second-order valence-corrected chi connectivity index (χ2v) is 15.4. The van der Waals surface area contributed by atoms with E-state index in [0.29, 0.717) is 5.75 Å².